The third kappa shape index (κ3) is 5.91. The maximum atomic E-state index is 12.7. The van der Waals surface area contributed by atoms with Crippen LogP contribution in [-0.2, 0) is 9.53 Å². The smallest absolute Gasteiger partial charge is 0.475 e. The van der Waals surface area contributed by atoms with Crippen molar-refractivity contribution in [1.29, 1.82) is 0 Å². The van der Waals surface area contributed by atoms with E-state index in [0.29, 0.717) is 19.1 Å². The van der Waals surface area contributed by atoms with Crippen LogP contribution in [0.4, 0.5) is 19.0 Å². The largest absolute Gasteiger partial charge is 0.490 e. The maximum absolute atomic E-state index is 12.7. The summed E-state index contributed by atoms with van der Waals surface area (Å²) in [5.74, 6) is -1.51. The predicted octanol–water partition coefficient (Wildman–Crippen LogP) is 2.09. The van der Waals surface area contributed by atoms with Crippen LogP contribution in [0.25, 0.3) is 0 Å². The van der Waals surface area contributed by atoms with Crippen LogP contribution in [0, 0.1) is 5.92 Å². The first-order valence-electron chi connectivity index (χ1n) is 9.52. The highest BCUT2D eigenvalue weighted by molar-refractivity contribution is 5.94. The summed E-state index contributed by atoms with van der Waals surface area (Å²) in [6.45, 7) is 3.58. The number of nitrogens with zero attached hydrogens (tertiary/aromatic N) is 4. The molecule has 31 heavy (non-hydrogen) atoms. The quantitative estimate of drug-likeness (QED) is 0.767. The van der Waals surface area contributed by atoms with Crippen molar-refractivity contribution in [1.82, 2.24) is 14.9 Å². The molecule has 1 aromatic heterocycles. The van der Waals surface area contributed by atoms with E-state index in [1.165, 1.54) is 0 Å². The van der Waals surface area contributed by atoms with Crippen LogP contribution in [0.5, 0.6) is 0 Å². The average molecular weight is 438 g/mol. The highest BCUT2D eigenvalue weighted by Gasteiger charge is 2.39. The Kier molecular flexibility index (Phi) is 7.06. The Balaban J connectivity index is 0.000000339. The van der Waals surface area contributed by atoms with Gasteiger partial charge >= 0.3 is 12.1 Å². The number of carbonyl (C=O) groups excluding carboxylic acids is 1. The Bertz CT molecular complexity index is 883. The molecule has 0 aliphatic carbocycles. The van der Waals surface area contributed by atoms with Gasteiger partial charge in [0.1, 0.15) is 5.82 Å². The first kappa shape index (κ1) is 22.5. The number of aliphatic carboxylic acids is 1. The van der Waals surface area contributed by atoms with Crippen LogP contribution in [-0.4, -0.2) is 76.9 Å². The van der Waals surface area contributed by atoms with Gasteiger partial charge < -0.3 is 19.6 Å². The molecule has 0 unspecified atom stereocenters. The third-order valence-electron chi connectivity index (χ3n) is 4.95. The number of benzene rings is 1. The van der Waals surface area contributed by atoms with E-state index in [4.69, 9.17) is 14.6 Å². The number of carboxylic acids is 1. The Morgan fingerprint density at radius 3 is 2.42 bits per heavy atom. The van der Waals surface area contributed by atoms with Gasteiger partial charge in [0, 0.05) is 50.1 Å². The van der Waals surface area contributed by atoms with Gasteiger partial charge in [0.05, 0.1) is 18.9 Å². The zero-order chi connectivity index (χ0) is 22.4. The lowest BCUT2D eigenvalue weighted by Gasteiger charge is -2.24. The standard InChI is InChI=1S/C18H20N4O2.C2HF3O2/c23-18(14-4-2-1-3-5-14)21-8-9-24-16-13-22(12-15(16)11-21)17-10-19-6-7-20-17;3-2(4,5)1(6)7/h1-7,10,15-16H,8-9,11-13H2;(H,6,7)/t15-,16+;/m0./s1. The minimum atomic E-state index is -5.08. The average Bonchev–Trinajstić information content (AvgIpc) is 3.06. The van der Waals surface area contributed by atoms with E-state index in [0.717, 1.165) is 31.0 Å². The highest BCUT2D eigenvalue weighted by Crippen LogP contribution is 2.27. The number of hydrogen-bond donors (Lipinski definition) is 1. The number of anilines is 1. The number of fused-ring (bicyclic) bond motifs is 1. The van der Waals surface area contributed by atoms with Crippen molar-refractivity contribution < 1.29 is 32.6 Å². The molecule has 0 bridgehead atoms. The van der Waals surface area contributed by atoms with Crippen LogP contribution in [0.15, 0.2) is 48.9 Å². The van der Waals surface area contributed by atoms with Crippen molar-refractivity contribution in [2.24, 2.45) is 5.92 Å². The molecule has 2 saturated heterocycles. The monoisotopic (exact) mass is 438 g/mol. The summed E-state index contributed by atoms with van der Waals surface area (Å²) in [7, 11) is 0. The molecular weight excluding hydrogens is 417 g/mol. The van der Waals surface area contributed by atoms with Crippen molar-refractivity contribution in [3.63, 3.8) is 0 Å². The van der Waals surface area contributed by atoms with Crippen LogP contribution in [0.1, 0.15) is 10.4 Å². The summed E-state index contributed by atoms with van der Waals surface area (Å²) in [4.78, 5) is 34.2. The predicted molar refractivity (Wildman–Crippen MR) is 104 cm³/mol. The lowest BCUT2D eigenvalue weighted by Crippen LogP contribution is -2.37. The molecule has 2 atom stereocenters. The van der Waals surface area contributed by atoms with E-state index in [9.17, 15) is 18.0 Å². The van der Waals surface area contributed by atoms with Gasteiger partial charge in [0.25, 0.3) is 5.91 Å². The Hall–Kier alpha value is -3.21. The number of alkyl halides is 3. The molecule has 2 aromatic rings. The molecule has 1 aromatic carbocycles. The van der Waals surface area contributed by atoms with Crippen molar-refractivity contribution in [2.75, 3.05) is 37.7 Å². The number of aromatic nitrogens is 2. The zero-order valence-electron chi connectivity index (χ0n) is 16.4. The number of hydrogen-bond acceptors (Lipinski definition) is 6. The number of carboxylic acid groups (broad SMARTS) is 1. The number of ether oxygens (including phenoxy) is 1. The summed E-state index contributed by atoms with van der Waals surface area (Å²) in [6.07, 6.45) is 0.211. The summed E-state index contributed by atoms with van der Waals surface area (Å²) >= 11 is 0. The summed E-state index contributed by atoms with van der Waals surface area (Å²) in [5, 5.41) is 7.12. The van der Waals surface area contributed by atoms with Crippen molar-refractivity contribution in [3.05, 3.63) is 54.5 Å². The lowest BCUT2D eigenvalue weighted by molar-refractivity contribution is -0.192. The molecule has 2 fully saturated rings. The van der Waals surface area contributed by atoms with Gasteiger partial charge in [-0.05, 0) is 12.1 Å². The summed E-state index contributed by atoms with van der Waals surface area (Å²) < 4.78 is 37.7. The molecule has 1 N–H and O–H groups in total. The molecule has 1 amide bonds. The molecule has 2 aliphatic rings. The Morgan fingerprint density at radius 2 is 1.81 bits per heavy atom. The van der Waals surface area contributed by atoms with Gasteiger partial charge in [0.2, 0.25) is 0 Å². The van der Waals surface area contributed by atoms with Crippen LogP contribution >= 0.6 is 0 Å². The van der Waals surface area contributed by atoms with Crippen molar-refractivity contribution >= 4 is 17.7 Å². The molecule has 2 aliphatic heterocycles. The first-order chi connectivity index (χ1) is 14.8. The van der Waals surface area contributed by atoms with E-state index in [2.05, 4.69) is 14.9 Å². The topological polar surface area (TPSA) is 95.9 Å². The van der Waals surface area contributed by atoms with Gasteiger partial charge in [-0.1, -0.05) is 18.2 Å². The molecule has 3 heterocycles. The molecular formula is C20H21F3N4O4. The zero-order valence-corrected chi connectivity index (χ0v) is 16.4. The first-order valence-corrected chi connectivity index (χ1v) is 9.52. The summed E-state index contributed by atoms with van der Waals surface area (Å²) in [6, 6.07) is 9.46. The Morgan fingerprint density at radius 1 is 1.10 bits per heavy atom. The number of halogens is 3. The number of rotatable bonds is 2. The fourth-order valence-electron chi connectivity index (χ4n) is 3.48. The highest BCUT2D eigenvalue weighted by atomic mass is 19.4. The van der Waals surface area contributed by atoms with Gasteiger partial charge in [-0.25, -0.2) is 9.78 Å². The second-order valence-electron chi connectivity index (χ2n) is 7.06. The molecule has 0 saturated carbocycles. The van der Waals surface area contributed by atoms with Gasteiger partial charge in [-0.3, -0.25) is 9.78 Å². The van der Waals surface area contributed by atoms with E-state index >= 15 is 0 Å². The van der Waals surface area contributed by atoms with Crippen molar-refractivity contribution in [2.45, 2.75) is 12.3 Å². The molecule has 0 radical (unpaired) electrons. The van der Waals surface area contributed by atoms with E-state index in [-0.39, 0.29) is 12.0 Å². The van der Waals surface area contributed by atoms with Crippen LogP contribution in [0.2, 0.25) is 0 Å². The minimum absolute atomic E-state index is 0.0813. The number of carbonyl (C=O) groups is 2. The fraction of sp³-hybridized carbons (Fsp3) is 0.400. The molecule has 8 nitrogen and oxygen atoms in total. The van der Waals surface area contributed by atoms with Gasteiger partial charge in [-0.2, -0.15) is 13.2 Å². The summed E-state index contributed by atoms with van der Waals surface area (Å²) in [5.41, 5.74) is 0.736. The normalized spacial score (nSPS) is 20.9. The Labute approximate surface area is 176 Å². The SMILES string of the molecule is O=C(O)C(F)(F)F.O=C(c1ccccc1)N1CCO[C@@H]2CN(c3cnccn3)C[C@@H]2C1. The van der Waals surface area contributed by atoms with Crippen LogP contribution < -0.4 is 4.90 Å². The van der Waals surface area contributed by atoms with Gasteiger partial charge in [-0.15, -0.1) is 0 Å². The lowest BCUT2D eigenvalue weighted by atomic mass is 10.1. The number of amides is 1. The van der Waals surface area contributed by atoms with Gasteiger partial charge in [0.15, 0.2) is 0 Å². The molecule has 4 rings (SSSR count). The molecule has 166 valence electrons. The van der Waals surface area contributed by atoms with E-state index in [1.807, 2.05) is 35.2 Å². The van der Waals surface area contributed by atoms with E-state index < -0.39 is 12.1 Å². The molecule has 0 spiro atoms. The third-order valence-corrected chi connectivity index (χ3v) is 4.95. The minimum Gasteiger partial charge on any atom is -0.475 e. The van der Waals surface area contributed by atoms with Crippen molar-refractivity contribution in [3.8, 4) is 0 Å². The fourth-order valence-corrected chi connectivity index (χ4v) is 3.48. The second-order valence-corrected chi connectivity index (χ2v) is 7.06. The molecule has 11 heteroatoms. The van der Waals surface area contributed by atoms with E-state index in [1.54, 1.807) is 18.6 Å². The second kappa shape index (κ2) is 9.73. The maximum Gasteiger partial charge on any atom is 0.490 e. The van der Waals surface area contributed by atoms with Crippen LogP contribution in [0.3, 0.4) is 0 Å².